The van der Waals surface area contributed by atoms with Crippen molar-refractivity contribution in [1.29, 1.82) is 0 Å². The summed E-state index contributed by atoms with van der Waals surface area (Å²) in [5.41, 5.74) is 2.10. The second-order valence-electron chi connectivity index (χ2n) is 6.27. The average molecular weight is 416 g/mol. The minimum Gasteiger partial charge on any atom is -0.334 e. The van der Waals surface area contributed by atoms with E-state index in [9.17, 15) is 14.4 Å². The Labute approximate surface area is 159 Å². The van der Waals surface area contributed by atoms with E-state index in [1.807, 2.05) is 24.3 Å². The fourth-order valence-electron chi connectivity index (χ4n) is 2.77. The highest BCUT2D eigenvalue weighted by atomic mass is 79.9. The second kappa shape index (κ2) is 7.29. The summed E-state index contributed by atoms with van der Waals surface area (Å²) in [5, 5.41) is 5.45. The maximum Gasteiger partial charge on any atom is 0.319 e. The van der Waals surface area contributed by atoms with Gasteiger partial charge in [0, 0.05) is 22.7 Å². The van der Waals surface area contributed by atoms with Crippen LogP contribution in [-0.4, -0.2) is 28.8 Å². The maximum atomic E-state index is 12.4. The van der Waals surface area contributed by atoms with Crippen LogP contribution in [0.5, 0.6) is 0 Å². The highest BCUT2D eigenvalue weighted by molar-refractivity contribution is 9.10. The molecule has 0 radical (unpaired) electrons. The number of carbonyl (C=O) groups is 3. The van der Waals surface area contributed by atoms with Crippen LogP contribution in [0.15, 0.2) is 46.9 Å². The van der Waals surface area contributed by atoms with E-state index >= 15 is 0 Å². The highest BCUT2D eigenvalue weighted by Crippen LogP contribution is 2.27. The molecule has 2 aromatic rings. The molecule has 0 spiro atoms. The zero-order valence-electron chi connectivity index (χ0n) is 14.4. The molecule has 1 aliphatic heterocycles. The number of hydrogen-bond acceptors (Lipinski definition) is 3. The lowest BCUT2D eigenvalue weighted by atomic mass is 10.1. The summed E-state index contributed by atoms with van der Waals surface area (Å²) >= 11 is 3.36. The van der Waals surface area contributed by atoms with Gasteiger partial charge >= 0.3 is 6.03 Å². The van der Waals surface area contributed by atoms with Gasteiger partial charge in [0.1, 0.15) is 0 Å². The third-order valence-corrected chi connectivity index (χ3v) is 4.59. The molecule has 0 fully saturated rings. The molecule has 0 aliphatic carbocycles. The first-order chi connectivity index (χ1) is 12.4. The fraction of sp³-hybridized carbons (Fsp3) is 0.211. The van der Waals surface area contributed by atoms with E-state index in [1.165, 1.54) is 11.0 Å². The number of hydrogen-bond donors (Lipinski definition) is 2. The largest absolute Gasteiger partial charge is 0.334 e. The van der Waals surface area contributed by atoms with Crippen LogP contribution in [0.4, 0.5) is 10.5 Å². The lowest BCUT2D eigenvalue weighted by Crippen LogP contribution is -2.35. The van der Waals surface area contributed by atoms with E-state index in [-0.39, 0.29) is 23.9 Å². The first kappa shape index (κ1) is 18.1. The molecule has 3 rings (SSSR count). The Kier molecular flexibility index (Phi) is 5.08. The lowest BCUT2D eigenvalue weighted by Gasteiger charge is -2.17. The quantitative estimate of drug-likeness (QED) is 0.745. The standard InChI is InChI=1S/C19H18BrN3O3/c1-11(2)23-17(24)15-8-7-14(9-16(15)18(23)25)22-19(26)21-10-12-3-5-13(20)6-4-12/h3-9,11H,10H2,1-2H3,(H2,21,22,26). The molecule has 6 nitrogen and oxygen atoms in total. The van der Waals surface area contributed by atoms with Crippen LogP contribution >= 0.6 is 15.9 Å². The second-order valence-corrected chi connectivity index (χ2v) is 7.18. The number of imide groups is 1. The van der Waals surface area contributed by atoms with Gasteiger partial charge in [-0.15, -0.1) is 0 Å². The number of halogens is 1. The molecule has 26 heavy (non-hydrogen) atoms. The van der Waals surface area contributed by atoms with Crippen molar-refractivity contribution in [1.82, 2.24) is 10.2 Å². The first-order valence-corrected chi connectivity index (χ1v) is 8.97. The highest BCUT2D eigenvalue weighted by Gasteiger charge is 2.37. The van der Waals surface area contributed by atoms with E-state index in [4.69, 9.17) is 0 Å². The number of urea groups is 1. The summed E-state index contributed by atoms with van der Waals surface area (Å²) in [6, 6.07) is 11.7. The Morgan fingerprint density at radius 3 is 2.35 bits per heavy atom. The van der Waals surface area contributed by atoms with Gasteiger partial charge in [-0.2, -0.15) is 0 Å². The molecule has 0 aromatic heterocycles. The molecule has 4 amide bonds. The number of anilines is 1. The van der Waals surface area contributed by atoms with Crippen molar-refractivity contribution in [3.05, 3.63) is 63.6 Å². The predicted molar refractivity (Wildman–Crippen MR) is 102 cm³/mol. The third-order valence-electron chi connectivity index (χ3n) is 4.06. The number of nitrogens with zero attached hydrogens (tertiary/aromatic N) is 1. The van der Waals surface area contributed by atoms with Gasteiger partial charge < -0.3 is 10.6 Å². The Morgan fingerprint density at radius 2 is 1.69 bits per heavy atom. The van der Waals surface area contributed by atoms with Crippen molar-refractivity contribution in [2.24, 2.45) is 0 Å². The van der Waals surface area contributed by atoms with Crippen molar-refractivity contribution >= 4 is 39.5 Å². The van der Waals surface area contributed by atoms with Crippen molar-refractivity contribution in [3.63, 3.8) is 0 Å². The Hall–Kier alpha value is -2.67. The predicted octanol–water partition coefficient (Wildman–Crippen LogP) is 3.78. The molecule has 1 heterocycles. The van der Waals surface area contributed by atoms with Crippen LogP contribution < -0.4 is 10.6 Å². The van der Waals surface area contributed by atoms with Crippen LogP contribution in [0.25, 0.3) is 0 Å². The van der Waals surface area contributed by atoms with Crippen molar-refractivity contribution in [2.75, 3.05) is 5.32 Å². The molecule has 2 aromatic carbocycles. The molecule has 7 heteroatoms. The summed E-state index contributed by atoms with van der Waals surface area (Å²) in [4.78, 5) is 38.0. The first-order valence-electron chi connectivity index (χ1n) is 8.18. The topological polar surface area (TPSA) is 78.5 Å². The van der Waals surface area contributed by atoms with Crippen molar-refractivity contribution in [3.8, 4) is 0 Å². The number of nitrogens with one attached hydrogen (secondary N) is 2. The zero-order chi connectivity index (χ0) is 18.8. The van der Waals surface area contributed by atoms with Crippen LogP contribution in [0.2, 0.25) is 0 Å². The van der Waals surface area contributed by atoms with Crippen LogP contribution in [-0.2, 0) is 6.54 Å². The van der Waals surface area contributed by atoms with Gasteiger partial charge in [-0.1, -0.05) is 28.1 Å². The summed E-state index contributed by atoms with van der Waals surface area (Å²) in [6.45, 7) is 3.95. The van der Waals surface area contributed by atoms with Gasteiger partial charge in [-0.3, -0.25) is 14.5 Å². The van der Waals surface area contributed by atoms with E-state index in [1.54, 1.807) is 26.0 Å². The summed E-state index contributed by atoms with van der Waals surface area (Å²) in [6.07, 6.45) is 0. The lowest BCUT2D eigenvalue weighted by molar-refractivity contribution is 0.0609. The van der Waals surface area contributed by atoms with Crippen LogP contribution in [0.1, 0.15) is 40.1 Å². The molecular weight excluding hydrogens is 398 g/mol. The van der Waals surface area contributed by atoms with E-state index in [2.05, 4.69) is 26.6 Å². The zero-order valence-corrected chi connectivity index (χ0v) is 16.0. The Balaban J connectivity index is 1.66. The van der Waals surface area contributed by atoms with Gasteiger partial charge in [0.2, 0.25) is 0 Å². The number of amides is 4. The number of rotatable bonds is 4. The molecule has 0 bridgehead atoms. The summed E-state index contributed by atoms with van der Waals surface area (Å²) < 4.78 is 0.971. The van der Waals surface area contributed by atoms with E-state index < -0.39 is 0 Å². The average Bonchev–Trinajstić information content (AvgIpc) is 2.85. The SMILES string of the molecule is CC(C)N1C(=O)c2ccc(NC(=O)NCc3ccc(Br)cc3)cc2C1=O. The molecule has 0 atom stereocenters. The summed E-state index contributed by atoms with van der Waals surface area (Å²) in [7, 11) is 0. The molecular formula is C19H18BrN3O3. The smallest absolute Gasteiger partial charge is 0.319 e. The molecule has 1 aliphatic rings. The van der Waals surface area contributed by atoms with Crippen molar-refractivity contribution < 1.29 is 14.4 Å². The number of fused-ring (bicyclic) bond motifs is 1. The Morgan fingerprint density at radius 1 is 1.04 bits per heavy atom. The minimum absolute atomic E-state index is 0.215. The molecule has 2 N–H and O–H groups in total. The third kappa shape index (κ3) is 3.62. The number of carbonyl (C=O) groups excluding carboxylic acids is 3. The minimum atomic E-state index is -0.384. The van der Waals surface area contributed by atoms with Crippen molar-refractivity contribution in [2.45, 2.75) is 26.4 Å². The van der Waals surface area contributed by atoms with Gasteiger partial charge in [-0.05, 0) is 49.7 Å². The Bertz CT molecular complexity index is 878. The molecule has 0 unspecified atom stereocenters. The maximum absolute atomic E-state index is 12.4. The van der Waals surface area contributed by atoms with Gasteiger partial charge in [0.25, 0.3) is 11.8 Å². The monoisotopic (exact) mass is 415 g/mol. The van der Waals surface area contributed by atoms with Gasteiger partial charge in [0.15, 0.2) is 0 Å². The number of benzene rings is 2. The van der Waals surface area contributed by atoms with Crippen LogP contribution in [0, 0.1) is 0 Å². The molecule has 134 valence electrons. The fourth-order valence-corrected chi connectivity index (χ4v) is 3.03. The normalized spacial score (nSPS) is 13.2. The van der Waals surface area contributed by atoms with E-state index in [0.29, 0.717) is 23.4 Å². The molecule has 0 saturated heterocycles. The van der Waals surface area contributed by atoms with E-state index in [0.717, 1.165) is 10.0 Å². The summed E-state index contributed by atoms with van der Waals surface area (Å²) in [5.74, 6) is -0.634. The van der Waals surface area contributed by atoms with Gasteiger partial charge in [-0.25, -0.2) is 4.79 Å². The molecule has 0 saturated carbocycles. The van der Waals surface area contributed by atoms with Gasteiger partial charge in [0.05, 0.1) is 11.1 Å². The van der Waals surface area contributed by atoms with Crippen LogP contribution in [0.3, 0.4) is 0 Å².